The third-order valence-corrected chi connectivity index (χ3v) is 7.16. The van der Waals surface area contributed by atoms with Crippen molar-refractivity contribution in [2.24, 2.45) is 10.8 Å². The second-order valence-corrected chi connectivity index (χ2v) is 8.46. The Kier molecular flexibility index (Phi) is 4.03. The zero-order valence-corrected chi connectivity index (χ0v) is 15.9. The van der Waals surface area contributed by atoms with Crippen molar-refractivity contribution in [1.29, 1.82) is 0 Å². The van der Waals surface area contributed by atoms with E-state index in [0.29, 0.717) is 18.6 Å². The van der Waals surface area contributed by atoms with Crippen LogP contribution in [0.4, 0.5) is 0 Å². The summed E-state index contributed by atoms with van der Waals surface area (Å²) in [5.41, 5.74) is -2.02. The minimum absolute atomic E-state index is 0.129. The average molecular weight is 382 g/mol. The van der Waals surface area contributed by atoms with Crippen LogP contribution >= 0.6 is 0 Å². The van der Waals surface area contributed by atoms with Gasteiger partial charge >= 0.3 is 11.9 Å². The van der Waals surface area contributed by atoms with Crippen LogP contribution in [0.2, 0.25) is 0 Å². The summed E-state index contributed by atoms with van der Waals surface area (Å²) in [6, 6.07) is 0. The molecule has 2 bridgehead atoms. The molecule has 8 atom stereocenters. The first-order valence-corrected chi connectivity index (χ1v) is 9.23. The number of aliphatic hydroxyl groups is 2. The Morgan fingerprint density at radius 3 is 2.52 bits per heavy atom. The Bertz CT molecular complexity index is 712. The number of epoxide rings is 1. The van der Waals surface area contributed by atoms with Gasteiger partial charge in [-0.25, -0.2) is 0 Å². The highest BCUT2D eigenvalue weighted by molar-refractivity contribution is 5.66. The van der Waals surface area contributed by atoms with Crippen molar-refractivity contribution < 1.29 is 38.7 Å². The molecule has 2 aliphatic carbocycles. The Hall–Kier alpha value is -1.48. The van der Waals surface area contributed by atoms with Crippen molar-refractivity contribution in [1.82, 2.24) is 0 Å². The zero-order valence-electron chi connectivity index (χ0n) is 15.9. The van der Waals surface area contributed by atoms with Gasteiger partial charge in [-0.1, -0.05) is 13.0 Å². The number of rotatable bonds is 3. The molecule has 3 fully saturated rings. The van der Waals surface area contributed by atoms with Gasteiger partial charge in [-0.3, -0.25) is 9.59 Å². The molecule has 4 rings (SSSR count). The second-order valence-electron chi connectivity index (χ2n) is 8.46. The minimum atomic E-state index is -1.23. The van der Waals surface area contributed by atoms with Crippen molar-refractivity contribution in [2.45, 2.75) is 70.2 Å². The van der Waals surface area contributed by atoms with Gasteiger partial charge in [-0.05, 0) is 18.9 Å². The van der Waals surface area contributed by atoms with Gasteiger partial charge in [0.15, 0.2) is 0 Å². The first kappa shape index (κ1) is 18.9. The Morgan fingerprint density at radius 1 is 1.30 bits per heavy atom. The molecule has 27 heavy (non-hydrogen) atoms. The Balaban J connectivity index is 1.85. The highest BCUT2D eigenvalue weighted by atomic mass is 16.7. The maximum atomic E-state index is 11.6. The van der Waals surface area contributed by atoms with E-state index in [-0.39, 0.29) is 6.61 Å². The van der Waals surface area contributed by atoms with Crippen molar-refractivity contribution in [3.63, 3.8) is 0 Å². The standard InChI is InChI=1S/C19H26O8/c1-9-5-13-18(7-24-10(2)20,15(23)14(9)22)17(4)6-12(26-11(3)21)16(27-13)19(17)8-25-19/h5,12-16,22-23H,6-8H2,1-4H3/t12?,13-,14?,15?,16-,17-,18-,19+/m1/s1. The number of fused-ring (bicyclic) bond motifs is 2. The van der Waals surface area contributed by atoms with Gasteiger partial charge in [0.1, 0.15) is 30.5 Å². The molecule has 0 amide bonds. The molecule has 2 heterocycles. The van der Waals surface area contributed by atoms with Crippen LogP contribution in [0.3, 0.4) is 0 Å². The lowest BCUT2D eigenvalue weighted by Crippen LogP contribution is -2.71. The number of hydrogen-bond donors (Lipinski definition) is 2. The van der Waals surface area contributed by atoms with Gasteiger partial charge < -0.3 is 29.2 Å². The summed E-state index contributed by atoms with van der Waals surface area (Å²) in [5, 5.41) is 21.8. The third-order valence-electron chi connectivity index (χ3n) is 7.16. The molecule has 1 saturated carbocycles. The summed E-state index contributed by atoms with van der Waals surface area (Å²) >= 11 is 0. The SMILES string of the molecule is CC(=O)OC[C@]12C(O)C(O)C(C)=C[C@H]1O[C@@H]1C(OC(C)=O)C[C@@]2(C)[C@]12CO2. The molecule has 0 aromatic rings. The zero-order chi connectivity index (χ0) is 19.8. The van der Waals surface area contributed by atoms with E-state index >= 15 is 0 Å². The van der Waals surface area contributed by atoms with E-state index in [0.717, 1.165) is 0 Å². The number of carbonyl (C=O) groups excluding carboxylic acids is 2. The topological polar surface area (TPSA) is 115 Å². The van der Waals surface area contributed by atoms with Crippen LogP contribution in [0.25, 0.3) is 0 Å². The lowest BCUT2D eigenvalue weighted by molar-refractivity contribution is -0.264. The molecule has 150 valence electrons. The van der Waals surface area contributed by atoms with Gasteiger partial charge in [-0.15, -0.1) is 0 Å². The summed E-state index contributed by atoms with van der Waals surface area (Å²) in [7, 11) is 0. The van der Waals surface area contributed by atoms with Crippen LogP contribution in [0.15, 0.2) is 11.6 Å². The molecule has 1 spiro atoms. The highest BCUT2D eigenvalue weighted by Crippen LogP contribution is 2.71. The highest BCUT2D eigenvalue weighted by Gasteiger charge is 2.84. The van der Waals surface area contributed by atoms with Crippen LogP contribution in [-0.2, 0) is 28.5 Å². The average Bonchev–Trinajstić information content (AvgIpc) is 3.34. The lowest BCUT2D eigenvalue weighted by atomic mass is 9.50. The number of esters is 2. The number of hydrogen-bond acceptors (Lipinski definition) is 8. The smallest absolute Gasteiger partial charge is 0.302 e. The molecule has 8 heteroatoms. The predicted molar refractivity (Wildman–Crippen MR) is 90.5 cm³/mol. The fourth-order valence-corrected chi connectivity index (χ4v) is 5.65. The Labute approximate surface area is 157 Å². The predicted octanol–water partition coefficient (Wildman–Crippen LogP) is 0.0957. The molecule has 8 nitrogen and oxygen atoms in total. The van der Waals surface area contributed by atoms with Gasteiger partial charge in [0.2, 0.25) is 0 Å². The van der Waals surface area contributed by atoms with Crippen LogP contribution in [-0.4, -0.2) is 71.5 Å². The van der Waals surface area contributed by atoms with Crippen LogP contribution in [0.5, 0.6) is 0 Å². The molecule has 0 radical (unpaired) electrons. The minimum Gasteiger partial charge on any atom is -0.465 e. The van der Waals surface area contributed by atoms with E-state index in [9.17, 15) is 19.8 Å². The normalized spacial score (nSPS) is 50.0. The third kappa shape index (κ3) is 2.24. The second kappa shape index (κ2) is 5.76. The van der Waals surface area contributed by atoms with Crippen molar-refractivity contribution in [3.05, 3.63) is 11.6 Å². The molecule has 0 aromatic carbocycles. The van der Waals surface area contributed by atoms with E-state index in [1.165, 1.54) is 13.8 Å². The fraction of sp³-hybridized carbons (Fsp3) is 0.789. The summed E-state index contributed by atoms with van der Waals surface area (Å²) in [6.07, 6.45) is -1.81. The summed E-state index contributed by atoms with van der Waals surface area (Å²) in [5.74, 6) is -0.901. The van der Waals surface area contributed by atoms with E-state index < -0.39 is 58.9 Å². The van der Waals surface area contributed by atoms with E-state index in [2.05, 4.69) is 0 Å². The summed E-state index contributed by atoms with van der Waals surface area (Å²) in [6.45, 7) is 6.57. The van der Waals surface area contributed by atoms with Crippen molar-refractivity contribution >= 4 is 11.9 Å². The molecule has 2 aliphatic heterocycles. The maximum Gasteiger partial charge on any atom is 0.302 e. The largest absolute Gasteiger partial charge is 0.465 e. The fourth-order valence-electron chi connectivity index (χ4n) is 5.65. The van der Waals surface area contributed by atoms with E-state index in [1.807, 2.05) is 6.92 Å². The van der Waals surface area contributed by atoms with E-state index in [4.69, 9.17) is 18.9 Å². The van der Waals surface area contributed by atoms with Crippen LogP contribution < -0.4 is 0 Å². The Morgan fingerprint density at radius 2 is 1.96 bits per heavy atom. The van der Waals surface area contributed by atoms with Crippen molar-refractivity contribution in [3.8, 4) is 0 Å². The van der Waals surface area contributed by atoms with Crippen LogP contribution in [0.1, 0.15) is 34.1 Å². The number of carbonyl (C=O) groups is 2. The number of aliphatic hydroxyl groups excluding tert-OH is 2. The van der Waals surface area contributed by atoms with Gasteiger partial charge in [0.25, 0.3) is 0 Å². The summed E-state index contributed by atoms with van der Waals surface area (Å²) in [4.78, 5) is 23.2. The van der Waals surface area contributed by atoms with Crippen LogP contribution in [0, 0.1) is 10.8 Å². The maximum absolute atomic E-state index is 11.6. The van der Waals surface area contributed by atoms with Crippen molar-refractivity contribution in [2.75, 3.05) is 13.2 Å². The van der Waals surface area contributed by atoms with E-state index in [1.54, 1.807) is 13.0 Å². The molecular formula is C19H26O8. The number of ether oxygens (including phenoxy) is 4. The van der Waals surface area contributed by atoms with Gasteiger partial charge in [0, 0.05) is 19.3 Å². The van der Waals surface area contributed by atoms with Gasteiger partial charge in [0.05, 0.1) is 24.2 Å². The first-order valence-electron chi connectivity index (χ1n) is 9.23. The molecular weight excluding hydrogens is 356 g/mol. The first-order chi connectivity index (χ1) is 12.6. The molecule has 0 aromatic heterocycles. The molecule has 2 saturated heterocycles. The summed E-state index contributed by atoms with van der Waals surface area (Å²) < 4.78 is 23.1. The molecule has 2 N–H and O–H groups in total. The lowest BCUT2D eigenvalue weighted by Gasteiger charge is -2.59. The monoisotopic (exact) mass is 382 g/mol. The molecule has 3 unspecified atom stereocenters. The quantitative estimate of drug-likeness (QED) is 0.401. The molecule has 4 aliphatic rings. The van der Waals surface area contributed by atoms with Gasteiger partial charge in [-0.2, -0.15) is 0 Å².